The summed E-state index contributed by atoms with van der Waals surface area (Å²) in [5, 5.41) is 8.86. The number of pyridine rings is 1. The largest absolute Gasteiger partial charge is 0.369 e. The van der Waals surface area contributed by atoms with E-state index in [1.54, 1.807) is 12.3 Å². The predicted molar refractivity (Wildman–Crippen MR) is 59.1 cm³/mol. The summed E-state index contributed by atoms with van der Waals surface area (Å²) in [4.78, 5) is 16.6. The first-order valence-electron chi connectivity index (χ1n) is 5.02. The number of nitrogens with two attached hydrogens (primary N) is 1. The molecule has 0 bridgehead atoms. The van der Waals surface area contributed by atoms with Crippen LogP contribution >= 0.6 is 0 Å². The Morgan fingerprint density at radius 1 is 1.69 bits per heavy atom. The van der Waals surface area contributed by atoms with Crippen molar-refractivity contribution in [3.8, 4) is 6.07 Å². The van der Waals surface area contributed by atoms with Gasteiger partial charge in [-0.25, -0.2) is 4.98 Å². The lowest BCUT2D eigenvalue weighted by atomic mass is 10.2. The van der Waals surface area contributed by atoms with Crippen LogP contribution in [0.25, 0.3) is 0 Å². The molecule has 0 aliphatic rings. The third-order valence-corrected chi connectivity index (χ3v) is 2.22. The van der Waals surface area contributed by atoms with E-state index in [1.165, 1.54) is 0 Å². The van der Waals surface area contributed by atoms with Gasteiger partial charge in [0.2, 0.25) is 5.91 Å². The average molecular weight is 218 g/mol. The molecule has 5 nitrogen and oxygen atoms in total. The molecular formula is C11H14N4O. The van der Waals surface area contributed by atoms with Crippen molar-refractivity contribution in [2.24, 2.45) is 5.73 Å². The third kappa shape index (κ3) is 3.33. The number of hydrogen-bond acceptors (Lipinski definition) is 4. The van der Waals surface area contributed by atoms with Crippen molar-refractivity contribution >= 4 is 5.91 Å². The standard InChI is InChI=1S/C11H14N4O/c1-2-15(8-11(13)16)7-9-4-3-5-14-10(9)6-12/h3-5H,2,7-8H2,1H3,(H2,13,16). The van der Waals surface area contributed by atoms with Crippen LogP contribution in [-0.2, 0) is 11.3 Å². The van der Waals surface area contributed by atoms with Crippen LogP contribution in [0.15, 0.2) is 18.3 Å². The Hall–Kier alpha value is -1.93. The van der Waals surface area contributed by atoms with Gasteiger partial charge in [-0.2, -0.15) is 5.26 Å². The van der Waals surface area contributed by atoms with Gasteiger partial charge in [0, 0.05) is 18.3 Å². The highest BCUT2D eigenvalue weighted by atomic mass is 16.1. The van der Waals surface area contributed by atoms with Crippen molar-refractivity contribution in [2.75, 3.05) is 13.1 Å². The number of aromatic nitrogens is 1. The predicted octanol–water partition coefficient (Wildman–Crippen LogP) is 0.260. The van der Waals surface area contributed by atoms with Crippen LogP contribution in [0, 0.1) is 11.3 Å². The quantitative estimate of drug-likeness (QED) is 0.768. The van der Waals surface area contributed by atoms with Gasteiger partial charge >= 0.3 is 0 Å². The van der Waals surface area contributed by atoms with Crippen LogP contribution in [0.5, 0.6) is 0 Å². The minimum Gasteiger partial charge on any atom is -0.369 e. The molecule has 0 atom stereocenters. The Morgan fingerprint density at radius 2 is 2.44 bits per heavy atom. The zero-order valence-electron chi connectivity index (χ0n) is 9.18. The maximum Gasteiger partial charge on any atom is 0.231 e. The monoisotopic (exact) mass is 218 g/mol. The molecule has 16 heavy (non-hydrogen) atoms. The second-order valence-corrected chi connectivity index (χ2v) is 3.39. The van der Waals surface area contributed by atoms with Crippen LogP contribution in [0.4, 0.5) is 0 Å². The number of carbonyl (C=O) groups is 1. The first-order chi connectivity index (χ1) is 7.67. The average Bonchev–Trinajstić information content (AvgIpc) is 2.28. The minimum absolute atomic E-state index is 0.191. The van der Waals surface area contributed by atoms with E-state index in [1.807, 2.05) is 24.0 Å². The zero-order chi connectivity index (χ0) is 12.0. The summed E-state index contributed by atoms with van der Waals surface area (Å²) < 4.78 is 0. The van der Waals surface area contributed by atoms with Crippen molar-refractivity contribution in [1.82, 2.24) is 9.88 Å². The zero-order valence-corrected chi connectivity index (χ0v) is 9.18. The molecule has 0 radical (unpaired) electrons. The number of nitriles is 1. The molecule has 0 aliphatic carbocycles. The van der Waals surface area contributed by atoms with Crippen LogP contribution in [0.1, 0.15) is 18.2 Å². The molecule has 5 heteroatoms. The van der Waals surface area contributed by atoms with Crippen molar-refractivity contribution in [2.45, 2.75) is 13.5 Å². The van der Waals surface area contributed by atoms with Crippen LogP contribution in [-0.4, -0.2) is 28.9 Å². The fraction of sp³-hybridized carbons (Fsp3) is 0.364. The summed E-state index contributed by atoms with van der Waals surface area (Å²) >= 11 is 0. The van der Waals surface area contributed by atoms with E-state index in [4.69, 9.17) is 11.0 Å². The molecule has 1 aromatic heterocycles. The molecule has 1 heterocycles. The first-order valence-corrected chi connectivity index (χ1v) is 5.02. The second kappa shape index (κ2) is 5.83. The topological polar surface area (TPSA) is 83.0 Å². The maximum absolute atomic E-state index is 10.8. The molecule has 1 rings (SSSR count). The summed E-state index contributed by atoms with van der Waals surface area (Å²) in [6.45, 7) is 3.33. The molecule has 1 amide bonds. The van der Waals surface area contributed by atoms with Crippen molar-refractivity contribution in [3.63, 3.8) is 0 Å². The maximum atomic E-state index is 10.8. The minimum atomic E-state index is -0.371. The van der Waals surface area contributed by atoms with E-state index in [0.29, 0.717) is 18.8 Å². The lowest BCUT2D eigenvalue weighted by Gasteiger charge is -2.18. The fourth-order valence-electron chi connectivity index (χ4n) is 1.41. The lowest BCUT2D eigenvalue weighted by Crippen LogP contribution is -2.33. The number of amides is 1. The van der Waals surface area contributed by atoms with Gasteiger partial charge in [0.15, 0.2) is 0 Å². The summed E-state index contributed by atoms with van der Waals surface area (Å²) in [5.74, 6) is -0.371. The third-order valence-electron chi connectivity index (χ3n) is 2.22. The van der Waals surface area contributed by atoms with Crippen LogP contribution < -0.4 is 5.73 Å². The number of likely N-dealkylation sites (N-methyl/N-ethyl adjacent to an activating group) is 1. The lowest BCUT2D eigenvalue weighted by molar-refractivity contribution is -0.119. The van der Waals surface area contributed by atoms with Crippen molar-refractivity contribution in [1.29, 1.82) is 5.26 Å². The van der Waals surface area contributed by atoms with Crippen LogP contribution in [0.2, 0.25) is 0 Å². The van der Waals surface area contributed by atoms with Gasteiger partial charge in [-0.3, -0.25) is 9.69 Å². The van der Waals surface area contributed by atoms with Gasteiger partial charge in [0.05, 0.1) is 6.54 Å². The number of nitrogens with zero attached hydrogens (tertiary/aromatic N) is 3. The number of carbonyl (C=O) groups excluding carboxylic acids is 1. The second-order valence-electron chi connectivity index (χ2n) is 3.39. The molecule has 0 unspecified atom stereocenters. The smallest absolute Gasteiger partial charge is 0.231 e. The highest BCUT2D eigenvalue weighted by molar-refractivity contribution is 5.75. The summed E-state index contributed by atoms with van der Waals surface area (Å²) in [6, 6.07) is 5.63. The summed E-state index contributed by atoms with van der Waals surface area (Å²) in [5.41, 5.74) is 6.34. The van der Waals surface area contributed by atoms with E-state index in [-0.39, 0.29) is 12.5 Å². The van der Waals surface area contributed by atoms with Gasteiger partial charge in [0.25, 0.3) is 0 Å². The van der Waals surface area contributed by atoms with E-state index in [2.05, 4.69) is 4.98 Å². The normalized spacial score (nSPS) is 10.1. The van der Waals surface area contributed by atoms with Crippen LogP contribution in [0.3, 0.4) is 0 Å². The molecule has 84 valence electrons. The molecule has 0 spiro atoms. The Kier molecular flexibility index (Phi) is 4.42. The Balaban J connectivity index is 2.78. The van der Waals surface area contributed by atoms with E-state index in [0.717, 1.165) is 5.56 Å². The Bertz CT molecular complexity index is 411. The molecular weight excluding hydrogens is 204 g/mol. The fourth-order valence-corrected chi connectivity index (χ4v) is 1.41. The molecule has 0 aromatic carbocycles. The summed E-state index contributed by atoms with van der Waals surface area (Å²) in [6.07, 6.45) is 1.58. The highest BCUT2D eigenvalue weighted by Gasteiger charge is 2.09. The first kappa shape index (κ1) is 12.1. The molecule has 0 saturated carbocycles. The summed E-state index contributed by atoms with van der Waals surface area (Å²) in [7, 11) is 0. The Labute approximate surface area is 94.5 Å². The highest BCUT2D eigenvalue weighted by Crippen LogP contribution is 2.07. The number of rotatable bonds is 5. The van der Waals surface area contributed by atoms with Crippen molar-refractivity contribution in [3.05, 3.63) is 29.6 Å². The number of hydrogen-bond donors (Lipinski definition) is 1. The Morgan fingerprint density at radius 3 is 3.00 bits per heavy atom. The van der Waals surface area contributed by atoms with E-state index < -0.39 is 0 Å². The number of primary amides is 1. The van der Waals surface area contributed by atoms with E-state index in [9.17, 15) is 4.79 Å². The van der Waals surface area contributed by atoms with Gasteiger partial charge in [-0.1, -0.05) is 13.0 Å². The van der Waals surface area contributed by atoms with Crippen molar-refractivity contribution < 1.29 is 4.79 Å². The molecule has 0 fully saturated rings. The van der Waals surface area contributed by atoms with E-state index >= 15 is 0 Å². The molecule has 1 aromatic rings. The van der Waals surface area contributed by atoms with Gasteiger partial charge < -0.3 is 5.73 Å². The van der Waals surface area contributed by atoms with Gasteiger partial charge in [-0.05, 0) is 12.6 Å². The SMILES string of the molecule is CCN(CC(N)=O)Cc1cccnc1C#N. The molecule has 0 saturated heterocycles. The van der Waals surface area contributed by atoms with Gasteiger partial charge in [0.1, 0.15) is 11.8 Å². The molecule has 2 N–H and O–H groups in total. The van der Waals surface area contributed by atoms with Gasteiger partial charge in [-0.15, -0.1) is 0 Å². The molecule has 0 aliphatic heterocycles.